The van der Waals surface area contributed by atoms with E-state index in [4.69, 9.17) is 5.11 Å². The van der Waals surface area contributed by atoms with Crippen LogP contribution in [0.2, 0.25) is 0 Å². The molecule has 1 unspecified atom stereocenters. The molecular weight excluding hydrogens is 276 g/mol. The molecular formula is C10H14N2O6S. The maximum Gasteiger partial charge on any atom is 0.354 e. The van der Waals surface area contributed by atoms with E-state index in [1.54, 1.807) is 6.92 Å². The molecule has 0 saturated carbocycles. The summed E-state index contributed by atoms with van der Waals surface area (Å²) in [6.07, 6.45) is 0. The summed E-state index contributed by atoms with van der Waals surface area (Å²) in [6.45, 7) is 2.72. The molecule has 0 saturated heterocycles. The van der Waals surface area contributed by atoms with Gasteiger partial charge in [0.15, 0.2) is 5.25 Å². The summed E-state index contributed by atoms with van der Waals surface area (Å²) >= 11 is 0. The van der Waals surface area contributed by atoms with Gasteiger partial charge in [-0.2, -0.15) is 0 Å². The van der Waals surface area contributed by atoms with Crippen molar-refractivity contribution in [3.05, 3.63) is 17.5 Å². The number of aryl methyl sites for hydroxylation is 1. The monoisotopic (exact) mass is 290 g/mol. The van der Waals surface area contributed by atoms with E-state index in [-0.39, 0.29) is 11.4 Å². The van der Waals surface area contributed by atoms with Crippen LogP contribution in [0.3, 0.4) is 0 Å². The number of nitrogens with one attached hydrogen (secondary N) is 2. The van der Waals surface area contributed by atoms with Gasteiger partial charge in [-0.1, -0.05) is 0 Å². The lowest BCUT2D eigenvalue weighted by molar-refractivity contribution is -0.139. The maximum atomic E-state index is 11.9. The molecule has 0 spiro atoms. The van der Waals surface area contributed by atoms with Gasteiger partial charge >= 0.3 is 11.9 Å². The molecule has 0 aromatic carbocycles. The first-order valence-corrected chi connectivity index (χ1v) is 6.76. The Labute approximate surface area is 109 Å². The van der Waals surface area contributed by atoms with Crippen LogP contribution in [0.5, 0.6) is 0 Å². The number of sulfonamides is 1. The van der Waals surface area contributed by atoms with Crippen molar-refractivity contribution >= 4 is 27.6 Å². The number of aromatic nitrogens is 1. The Morgan fingerprint density at radius 3 is 2.53 bits per heavy atom. The fraction of sp³-hybridized carbons (Fsp3) is 0.400. The number of anilines is 1. The number of aromatic carboxylic acids is 1. The number of carbonyl (C=O) groups excluding carboxylic acids is 1. The van der Waals surface area contributed by atoms with E-state index in [0.29, 0.717) is 5.69 Å². The first-order valence-electron chi connectivity index (χ1n) is 5.21. The zero-order valence-electron chi connectivity index (χ0n) is 10.6. The molecule has 1 aromatic rings. The third kappa shape index (κ3) is 3.25. The molecule has 0 amide bonds. The fourth-order valence-electron chi connectivity index (χ4n) is 1.37. The number of rotatable bonds is 5. The largest absolute Gasteiger partial charge is 0.477 e. The minimum absolute atomic E-state index is 0.124. The summed E-state index contributed by atoms with van der Waals surface area (Å²) in [7, 11) is -3.01. The molecule has 106 valence electrons. The van der Waals surface area contributed by atoms with E-state index < -0.39 is 27.2 Å². The van der Waals surface area contributed by atoms with E-state index in [0.717, 1.165) is 14.0 Å². The number of carboxylic acids is 1. The first kappa shape index (κ1) is 15.0. The summed E-state index contributed by atoms with van der Waals surface area (Å²) < 4.78 is 30.1. The van der Waals surface area contributed by atoms with Crippen LogP contribution in [0, 0.1) is 6.92 Å². The highest BCUT2D eigenvalue weighted by Gasteiger charge is 2.30. The highest BCUT2D eigenvalue weighted by Crippen LogP contribution is 2.19. The Bertz CT molecular complexity index is 604. The summed E-state index contributed by atoms with van der Waals surface area (Å²) in [5, 5.41) is 7.46. The molecule has 9 heteroatoms. The van der Waals surface area contributed by atoms with Gasteiger partial charge < -0.3 is 14.8 Å². The molecule has 1 aromatic heterocycles. The van der Waals surface area contributed by atoms with E-state index in [1.165, 1.54) is 6.07 Å². The second-order valence-corrected chi connectivity index (χ2v) is 5.86. The molecule has 0 aliphatic rings. The number of H-pyrrole nitrogens is 1. The Hall–Kier alpha value is -2.03. The van der Waals surface area contributed by atoms with Gasteiger partial charge in [-0.25, -0.2) is 13.2 Å². The highest BCUT2D eigenvalue weighted by atomic mass is 32.2. The zero-order valence-corrected chi connectivity index (χ0v) is 11.4. The minimum atomic E-state index is -4.08. The number of carboxylic acid groups (broad SMARTS) is 1. The predicted octanol–water partition coefficient (Wildman–Crippen LogP) is 0.325. The van der Waals surface area contributed by atoms with E-state index in [9.17, 15) is 18.0 Å². The molecule has 0 aliphatic carbocycles. The van der Waals surface area contributed by atoms with Crippen LogP contribution in [0.1, 0.15) is 23.1 Å². The molecule has 0 bridgehead atoms. The maximum absolute atomic E-state index is 11.9. The van der Waals surface area contributed by atoms with Crippen LogP contribution in [0.4, 0.5) is 5.69 Å². The second kappa shape index (κ2) is 5.31. The molecule has 1 atom stereocenters. The van der Waals surface area contributed by atoms with Crippen molar-refractivity contribution in [1.29, 1.82) is 0 Å². The normalized spacial score (nSPS) is 12.8. The first-order chi connectivity index (χ1) is 8.69. The average molecular weight is 290 g/mol. The molecule has 3 N–H and O–H groups in total. The van der Waals surface area contributed by atoms with Gasteiger partial charge in [-0.05, 0) is 19.9 Å². The minimum Gasteiger partial charge on any atom is -0.477 e. The highest BCUT2D eigenvalue weighted by molar-refractivity contribution is 7.94. The van der Waals surface area contributed by atoms with Crippen molar-refractivity contribution in [1.82, 2.24) is 4.98 Å². The summed E-state index contributed by atoms with van der Waals surface area (Å²) in [4.78, 5) is 24.6. The number of methoxy groups -OCH3 is 1. The lowest BCUT2D eigenvalue weighted by atomic mass is 10.4. The number of esters is 1. The van der Waals surface area contributed by atoms with E-state index in [2.05, 4.69) is 14.4 Å². The van der Waals surface area contributed by atoms with Gasteiger partial charge in [0.25, 0.3) is 0 Å². The molecule has 8 nitrogen and oxygen atoms in total. The van der Waals surface area contributed by atoms with E-state index in [1.807, 2.05) is 0 Å². The third-order valence-corrected chi connectivity index (χ3v) is 4.04. The molecule has 1 rings (SSSR count). The van der Waals surface area contributed by atoms with Gasteiger partial charge in [0.1, 0.15) is 5.69 Å². The molecule has 0 aliphatic heterocycles. The number of hydrogen-bond acceptors (Lipinski definition) is 5. The standard InChI is InChI=1S/C10H14N2O6S/c1-5-4-7(8(11-5)9(13)14)12-19(16,17)6(2)10(15)18-3/h4,6,11-12H,1-3H3,(H,13,14). The van der Waals surface area contributed by atoms with Gasteiger partial charge in [-0.3, -0.25) is 9.52 Å². The molecule has 19 heavy (non-hydrogen) atoms. The number of aromatic amines is 1. The van der Waals surface area contributed by atoms with Crippen molar-refractivity contribution in [3.8, 4) is 0 Å². The van der Waals surface area contributed by atoms with Crippen LogP contribution in [-0.2, 0) is 19.6 Å². The molecule has 0 radical (unpaired) electrons. The quantitative estimate of drug-likeness (QED) is 0.671. The van der Waals surface area contributed by atoms with Gasteiger partial charge in [0.05, 0.1) is 12.8 Å². The van der Waals surface area contributed by atoms with Crippen molar-refractivity contribution in [3.63, 3.8) is 0 Å². The Morgan fingerprint density at radius 1 is 1.47 bits per heavy atom. The van der Waals surface area contributed by atoms with Gasteiger partial charge in [0.2, 0.25) is 10.0 Å². The van der Waals surface area contributed by atoms with Crippen LogP contribution in [-0.4, -0.2) is 42.8 Å². The zero-order chi connectivity index (χ0) is 14.8. The number of hydrogen-bond donors (Lipinski definition) is 3. The summed E-state index contributed by atoms with van der Waals surface area (Å²) in [5.41, 5.74) is 0.0553. The van der Waals surface area contributed by atoms with Crippen LogP contribution >= 0.6 is 0 Å². The Balaban J connectivity index is 3.08. The Morgan fingerprint density at radius 2 is 2.05 bits per heavy atom. The smallest absolute Gasteiger partial charge is 0.354 e. The lowest BCUT2D eigenvalue weighted by Gasteiger charge is -2.12. The molecule has 0 fully saturated rings. The van der Waals surface area contributed by atoms with Crippen LogP contribution in [0.25, 0.3) is 0 Å². The molecule has 1 heterocycles. The topological polar surface area (TPSA) is 126 Å². The number of carbonyl (C=O) groups is 2. The van der Waals surface area contributed by atoms with Crippen molar-refractivity contribution in [2.24, 2.45) is 0 Å². The summed E-state index contributed by atoms with van der Waals surface area (Å²) in [6, 6.07) is 1.32. The van der Waals surface area contributed by atoms with Gasteiger partial charge in [-0.15, -0.1) is 0 Å². The SMILES string of the molecule is COC(=O)C(C)S(=O)(=O)Nc1cc(C)[nH]c1C(=O)O. The average Bonchev–Trinajstić information content (AvgIpc) is 2.67. The van der Waals surface area contributed by atoms with E-state index >= 15 is 0 Å². The summed E-state index contributed by atoms with van der Waals surface area (Å²) in [5.74, 6) is -2.24. The van der Waals surface area contributed by atoms with Crippen LogP contribution < -0.4 is 4.72 Å². The van der Waals surface area contributed by atoms with Crippen molar-refractivity contribution in [2.75, 3.05) is 11.8 Å². The number of ether oxygens (including phenoxy) is 1. The van der Waals surface area contributed by atoms with Gasteiger partial charge in [0, 0.05) is 5.69 Å². The third-order valence-electron chi connectivity index (χ3n) is 2.42. The Kier molecular flexibility index (Phi) is 4.20. The van der Waals surface area contributed by atoms with Crippen LogP contribution in [0.15, 0.2) is 6.07 Å². The lowest BCUT2D eigenvalue weighted by Crippen LogP contribution is -2.33. The predicted molar refractivity (Wildman–Crippen MR) is 66.5 cm³/mol. The van der Waals surface area contributed by atoms with Crippen molar-refractivity contribution in [2.45, 2.75) is 19.1 Å². The second-order valence-electron chi connectivity index (χ2n) is 3.86. The van der Waals surface area contributed by atoms with Crippen molar-refractivity contribution < 1.29 is 27.9 Å². The fourth-order valence-corrected chi connectivity index (χ4v) is 2.37.